The molecule has 0 aliphatic carbocycles. The molecule has 0 amide bonds. The van der Waals surface area contributed by atoms with E-state index in [2.05, 4.69) is 10.7 Å². The molecule has 0 aliphatic heterocycles. The van der Waals surface area contributed by atoms with E-state index in [1.165, 1.54) is 25.3 Å². The van der Waals surface area contributed by atoms with Crippen molar-refractivity contribution in [2.45, 2.75) is 0 Å². The molecule has 0 aromatic heterocycles. The standard InChI is InChI=1S/C11H6Cl2O3/c1-16-11(15)5-4-10(14)7-2-3-8(12)9(13)6-7/h2-3,6H,1H3. The van der Waals surface area contributed by atoms with Crippen LogP contribution < -0.4 is 0 Å². The van der Waals surface area contributed by atoms with E-state index in [4.69, 9.17) is 23.2 Å². The summed E-state index contributed by atoms with van der Waals surface area (Å²) < 4.78 is 4.27. The van der Waals surface area contributed by atoms with Crippen molar-refractivity contribution in [1.82, 2.24) is 0 Å². The van der Waals surface area contributed by atoms with Gasteiger partial charge in [0, 0.05) is 11.5 Å². The highest BCUT2D eigenvalue weighted by Gasteiger charge is 2.05. The predicted octanol–water partition coefficient (Wildman–Crippen LogP) is 2.35. The normalized spacial score (nSPS) is 8.94. The van der Waals surface area contributed by atoms with Gasteiger partial charge in [-0.15, -0.1) is 0 Å². The second-order valence-electron chi connectivity index (χ2n) is 2.70. The van der Waals surface area contributed by atoms with Gasteiger partial charge in [-0.3, -0.25) is 4.79 Å². The Hall–Kier alpha value is -1.50. The molecular weight excluding hydrogens is 251 g/mol. The number of carbonyl (C=O) groups excluding carboxylic acids is 2. The first-order valence-corrected chi connectivity index (χ1v) is 4.89. The van der Waals surface area contributed by atoms with E-state index in [-0.39, 0.29) is 10.6 Å². The molecule has 0 spiro atoms. The average Bonchev–Trinajstić information content (AvgIpc) is 2.29. The van der Waals surface area contributed by atoms with Crippen molar-refractivity contribution in [3.63, 3.8) is 0 Å². The first-order chi connectivity index (χ1) is 7.54. The van der Waals surface area contributed by atoms with Gasteiger partial charge in [0.15, 0.2) is 0 Å². The molecule has 0 N–H and O–H groups in total. The van der Waals surface area contributed by atoms with Crippen LogP contribution in [0.15, 0.2) is 18.2 Å². The van der Waals surface area contributed by atoms with Gasteiger partial charge in [-0.25, -0.2) is 4.79 Å². The molecule has 0 radical (unpaired) electrons. The first kappa shape index (κ1) is 12.6. The molecule has 0 heterocycles. The van der Waals surface area contributed by atoms with E-state index in [0.717, 1.165) is 0 Å². The van der Waals surface area contributed by atoms with Crippen LogP contribution in [0.1, 0.15) is 10.4 Å². The number of Topliss-reactive ketones (excluding diaryl/α,β-unsaturated/α-hetero) is 1. The predicted molar refractivity (Wildman–Crippen MR) is 60.6 cm³/mol. The number of ether oxygens (including phenoxy) is 1. The molecule has 82 valence electrons. The van der Waals surface area contributed by atoms with Crippen LogP contribution in [0.25, 0.3) is 0 Å². The van der Waals surface area contributed by atoms with E-state index in [9.17, 15) is 9.59 Å². The van der Waals surface area contributed by atoms with E-state index in [1.54, 1.807) is 0 Å². The number of methoxy groups -OCH3 is 1. The van der Waals surface area contributed by atoms with Crippen molar-refractivity contribution >= 4 is 35.0 Å². The van der Waals surface area contributed by atoms with Gasteiger partial charge in [0.1, 0.15) is 0 Å². The number of rotatable bonds is 1. The van der Waals surface area contributed by atoms with E-state index in [0.29, 0.717) is 5.02 Å². The number of carbonyl (C=O) groups is 2. The maximum atomic E-state index is 11.4. The van der Waals surface area contributed by atoms with Crippen LogP contribution in [-0.2, 0) is 9.53 Å². The molecule has 0 aliphatic rings. The van der Waals surface area contributed by atoms with E-state index < -0.39 is 11.8 Å². The fourth-order valence-corrected chi connectivity index (χ4v) is 1.17. The van der Waals surface area contributed by atoms with Crippen molar-refractivity contribution in [3.05, 3.63) is 33.8 Å². The molecule has 1 aromatic carbocycles. The third kappa shape index (κ3) is 3.27. The number of benzene rings is 1. The number of halogens is 2. The lowest BCUT2D eigenvalue weighted by Gasteiger charge is -1.97. The molecular formula is C11H6Cl2O3. The van der Waals surface area contributed by atoms with Crippen LogP contribution in [0.3, 0.4) is 0 Å². The number of ketones is 1. The molecule has 5 heteroatoms. The third-order valence-electron chi connectivity index (χ3n) is 1.65. The Balaban J connectivity index is 2.92. The van der Waals surface area contributed by atoms with Crippen LogP contribution in [0.4, 0.5) is 0 Å². The Kier molecular flexibility index (Phi) is 4.36. The monoisotopic (exact) mass is 256 g/mol. The fraction of sp³-hybridized carbons (Fsp3) is 0.0909. The minimum Gasteiger partial charge on any atom is -0.459 e. The number of esters is 1. The summed E-state index contributed by atoms with van der Waals surface area (Å²) in [6.07, 6.45) is 0. The Bertz CT molecular complexity index is 498. The Labute approximate surface area is 102 Å². The first-order valence-electron chi connectivity index (χ1n) is 4.14. The molecule has 0 atom stereocenters. The Morgan fingerprint density at radius 2 is 1.88 bits per heavy atom. The summed E-state index contributed by atoms with van der Waals surface area (Å²) in [6.45, 7) is 0. The summed E-state index contributed by atoms with van der Waals surface area (Å²) in [5.41, 5.74) is 0.269. The summed E-state index contributed by atoms with van der Waals surface area (Å²) in [5.74, 6) is 2.86. The van der Waals surface area contributed by atoms with Crippen LogP contribution in [0, 0.1) is 11.8 Å². The van der Waals surface area contributed by atoms with Crippen molar-refractivity contribution in [2.24, 2.45) is 0 Å². The minimum absolute atomic E-state index is 0.257. The summed E-state index contributed by atoms with van der Waals surface area (Å²) >= 11 is 11.4. The summed E-state index contributed by atoms with van der Waals surface area (Å²) in [4.78, 5) is 22.1. The van der Waals surface area contributed by atoms with Crippen molar-refractivity contribution in [2.75, 3.05) is 7.11 Å². The van der Waals surface area contributed by atoms with Crippen LogP contribution in [0.5, 0.6) is 0 Å². The average molecular weight is 257 g/mol. The smallest absolute Gasteiger partial charge is 0.384 e. The SMILES string of the molecule is COC(=O)C#CC(=O)c1ccc(Cl)c(Cl)c1. The highest BCUT2D eigenvalue weighted by atomic mass is 35.5. The maximum Gasteiger partial charge on any atom is 0.384 e. The van der Waals surface area contributed by atoms with Gasteiger partial charge in [0.25, 0.3) is 0 Å². The van der Waals surface area contributed by atoms with E-state index >= 15 is 0 Å². The highest BCUT2D eigenvalue weighted by molar-refractivity contribution is 6.42. The quantitative estimate of drug-likeness (QED) is 0.255. The number of hydrogen-bond acceptors (Lipinski definition) is 3. The zero-order chi connectivity index (χ0) is 12.1. The summed E-state index contributed by atoms with van der Waals surface area (Å²) in [6, 6.07) is 4.34. The van der Waals surface area contributed by atoms with Gasteiger partial charge in [-0.05, 0) is 24.1 Å². The van der Waals surface area contributed by atoms with Crippen molar-refractivity contribution < 1.29 is 14.3 Å². The van der Waals surface area contributed by atoms with Gasteiger partial charge in [0.2, 0.25) is 5.78 Å². The van der Waals surface area contributed by atoms with Gasteiger partial charge in [0.05, 0.1) is 17.2 Å². The topological polar surface area (TPSA) is 43.4 Å². The largest absolute Gasteiger partial charge is 0.459 e. The minimum atomic E-state index is -0.770. The third-order valence-corrected chi connectivity index (χ3v) is 2.38. The lowest BCUT2D eigenvalue weighted by Crippen LogP contribution is -1.99. The molecule has 0 unspecified atom stereocenters. The lowest BCUT2D eigenvalue weighted by atomic mass is 10.1. The van der Waals surface area contributed by atoms with E-state index in [1.807, 2.05) is 5.92 Å². The second kappa shape index (κ2) is 5.55. The van der Waals surface area contributed by atoms with Crippen LogP contribution in [-0.4, -0.2) is 18.9 Å². The van der Waals surface area contributed by atoms with Crippen molar-refractivity contribution in [1.29, 1.82) is 0 Å². The van der Waals surface area contributed by atoms with Crippen molar-refractivity contribution in [3.8, 4) is 11.8 Å². The molecule has 0 saturated carbocycles. The number of hydrogen-bond donors (Lipinski definition) is 0. The zero-order valence-electron chi connectivity index (χ0n) is 8.21. The fourth-order valence-electron chi connectivity index (χ4n) is 0.868. The molecule has 3 nitrogen and oxygen atoms in total. The van der Waals surface area contributed by atoms with Crippen LogP contribution >= 0.6 is 23.2 Å². The lowest BCUT2D eigenvalue weighted by molar-refractivity contribution is -0.133. The molecule has 1 rings (SSSR count). The van der Waals surface area contributed by atoms with Crippen LogP contribution in [0.2, 0.25) is 10.0 Å². The van der Waals surface area contributed by atoms with Gasteiger partial charge < -0.3 is 4.74 Å². The molecule has 0 bridgehead atoms. The van der Waals surface area contributed by atoms with Gasteiger partial charge >= 0.3 is 5.97 Å². The molecule has 0 saturated heterocycles. The van der Waals surface area contributed by atoms with Gasteiger partial charge in [-0.1, -0.05) is 23.2 Å². The second-order valence-corrected chi connectivity index (χ2v) is 3.51. The molecule has 16 heavy (non-hydrogen) atoms. The Morgan fingerprint density at radius 1 is 1.19 bits per heavy atom. The van der Waals surface area contributed by atoms with Gasteiger partial charge in [-0.2, -0.15) is 0 Å². The highest BCUT2D eigenvalue weighted by Crippen LogP contribution is 2.22. The molecule has 0 fully saturated rings. The summed E-state index contributed by atoms with van der Waals surface area (Å²) in [5, 5.41) is 0.603. The maximum absolute atomic E-state index is 11.4. The molecule has 1 aromatic rings. The summed E-state index contributed by atoms with van der Waals surface area (Å²) in [7, 11) is 1.18. The zero-order valence-corrected chi connectivity index (χ0v) is 9.72. The Morgan fingerprint density at radius 3 is 2.44 bits per heavy atom.